The quantitative estimate of drug-likeness (QED) is 0.489. The molecule has 6 nitrogen and oxygen atoms in total. The number of nitrogens with two attached hydrogens (primary N) is 1. The van der Waals surface area contributed by atoms with Gasteiger partial charge in [0.2, 0.25) is 0 Å². The van der Waals surface area contributed by atoms with Gasteiger partial charge in [0.05, 0.1) is 12.3 Å². The zero-order chi connectivity index (χ0) is 22.5. The van der Waals surface area contributed by atoms with Crippen molar-refractivity contribution >= 4 is 28.7 Å². The molecule has 0 aliphatic carbocycles. The monoisotopic (exact) mass is 449 g/mol. The van der Waals surface area contributed by atoms with Crippen molar-refractivity contribution in [1.29, 1.82) is 0 Å². The van der Waals surface area contributed by atoms with E-state index in [0.717, 1.165) is 16.7 Å². The largest absolute Gasteiger partial charge is 0.465 e. The highest BCUT2D eigenvalue weighted by Gasteiger charge is 2.56. The number of halogens is 4. The van der Waals surface area contributed by atoms with E-state index in [1.54, 1.807) is 20.8 Å². The highest BCUT2D eigenvalue weighted by molar-refractivity contribution is 8.13. The van der Waals surface area contributed by atoms with E-state index in [-0.39, 0.29) is 22.2 Å². The summed E-state index contributed by atoms with van der Waals surface area (Å²) in [6.45, 7) is 4.47. The number of aliphatic imine (C=N–C) groups is 1. The van der Waals surface area contributed by atoms with Crippen LogP contribution in [0, 0.1) is 11.7 Å². The first-order valence-electron chi connectivity index (χ1n) is 9.26. The van der Waals surface area contributed by atoms with Gasteiger partial charge in [0.25, 0.3) is 0 Å². The van der Waals surface area contributed by atoms with Gasteiger partial charge in [0.15, 0.2) is 17.1 Å². The predicted molar refractivity (Wildman–Crippen MR) is 106 cm³/mol. The summed E-state index contributed by atoms with van der Waals surface area (Å²) in [5.74, 6) is -1.38. The van der Waals surface area contributed by atoms with Gasteiger partial charge >= 0.3 is 12.3 Å². The van der Waals surface area contributed by atoms with Crippen molar-refractivity contribution in [2.45, 2.75) is 50.6 Å². The van der Waals surface area contributed by atoms with Gasteiger partial charge in [0.1, 0.15) is 5.54 Å². The van der Waals surface area contributed by atoms with Gasteiger partial charge in [-0.05, 0) is 33.3 Å². The molecule has 11 heteroatoms. The van der Waals surface area contributed by atoms with Crippen LogP contribution < -0.4 is 5.73 Å². The molecule has 2 aliphatic heterocycles. The average molecular weight is 449 g/mol. The van der Waals surface area contributed by atoms with Gasteiger partial charge in [-0.2, -0.15) is 13.2 Å². The van der Waals surface area contributed by atoms with E-state index < -0.39 is 54.2 Å². The first-order valence-corrected chi connectivity index (χ1v) is 10.2. The van der Waals surface area contributed by atoms with Crippen molar-refractivity contribution in [3.8, 4) is 0 Å². The smallest absolute Gasteiger partial charge is 0.414 e. The van der Waals surface area contributed by atoms with Gasteiger partial charge < -0.3 is 15.6 Å². The molecule has 2 heterocycles. The summed E-state index contributed by atoms with van der Waals surface area (Å²) in [5, 5.41) is 9.80. The number of nitrogen functional groups attached to an aromatic ring is 1. The van der Waals surface area contributed by atoms with E-state index in [1.807, 2.05) is 0 Å². The second-order valence-electron chi connectivity index (χ2n) is 8.40. The Morgan fingerprint density at radius 2 is 2.03 bits per heavy atom. The normalized spacial score (nSPS) is 27.2. The lowest BCUT2D eigenvalue weighted by Crippen LogP contribution is -2.56. The summed E-state index contributed by atoms with van der Waals surface area (Å²) in [7, 11) is 0. The van der Waals surface area contributed by atoms with Crippen molar-refractivity contribution in [2.24, 2.45) is 10.9 Å². The van der Waals surface area contributed by atoms with E-state index >= 15 is 0 Å². The van der Waals surface area contributed by atoms with Crippen LogP contribution in [0.4, 0.5) is 28.0 Å². The minimum absolute atomic E-state index is 0.00479. The van der Waals surface area contributed by atoms with Crippen molar-refractivity contribution in [3.63, 3.8) is 0 Å². The number of carbonyl (C=O) groups is 1. The van der Waals surface area contributed by atoms with Crippen LogP contribution in [-0.2, 0) is 10.3 Å². The van der Waals surface area contributed by atoms with Crippen LogP contribution in [0.1, 0.15) is 32.8 Å². The van der Waals surface area contributed by atoms with E-state index in [9.17, 15) is 27.5 Å². The Labute approximate surface area is 175 Å². The Hall–Kier alpha value is -2.01. The molecule has 1 amide bonds. The second-order valence-corrected chi connectivity index (χ2v) is 9.39. The molecule has 1 aromatic rings. The van der Waals surface area contributed by atoms with E-state index in [0.29, 0.717) is 0 Å². The number of alkyl halides is 3. The Morgan fingerprint density at radius 3 is 2.60 bits per heavy atom. The molecule has 3 atom stereocenters. The maximum atomic E-state index is 15.0. The fourth-order valence-corrected chi connectivity index (χ4v) is 5.29. The fraction of sp³-hybridized carbons (Fsp3) is 0.579. The number of rotatable bonds is 1. The highest BCUT2D eigenvalue weighted by atomic mass is 32.2. The number of anilines is 1. The number of nitrogens with zero attached hydrogens (tertiary/aromatic N) is 2. The molecule has 0 radical (unpaired) electrons. The number of benzene rings is 1. The SMILES string of the molecule is CC(C)(C)N(C(=O)O)C1=N[C@]2(c3cccc(N)c3F)CO[C@H](C(F)(F)F)C[C@@H]2CS1. The van der Waals surface area contributed by atoms with Gasteiger partial charge in [-0.3, -0.25) is 4.90 Å². The van der Waals surface area contributed by atoms with Crippen molar-refractivity contribution in [1.82, 2.24) is 4.90 Å². The molecule has 1 fully saturated rings. The molecule has 166 valence electrons. The lowest BCUT2D eigenvalue weighted by Gasteiger charge is -2.48. The third kappa shape index (κ3) is 3.96. The van der Waals surface area contributed by atoms with E-state index in [1.165, 1.54) is 18.2 Å². The van der Waals surface area contributed by atoms with Crippen molar-refractivity contribution < 1.29 is 32.2 Å². The van der Waals surface area contributed by atoms with E-state index in [2.05, 4.69) is 4.99 Å². The van der Waals surface area contributed by atoms with Crippen LogP contribution in [0.5, 0.6) is 0 Å². The molecule has 0 saturated carbocycles. The lowest BCUT2D eigenvalue weighted by molar-refractivity contribution is -0.245. The van der Waals surface area contributed by atoms with Crippen molar-refractivity contribution in [2.75, 3.05) is 18.1 Å². The maximum Gasteiger partial charge on any atom is 0.414 e. The molecular formula is C19H23F4N3O3S. The molecule has 0 bridgehead atoms. The number of hydrogen-bond acceptors (Lipinski definition) is 5. The van der Waals surface area contributed by atoms with E-state index in [4.69, 9.17) is 10.5 Å². The van der Waals surface area contributed by atoms with Crippen LogP contribution >= 0.6 is 11.8 Å². The molecule has 1 saturated heterocycles. The van der Waals surface area contributed by atoms with Crippen LogP contribution in [0.25, 0.3) is 0 Å². The third-order valence-electron chi connectivity index (χ3n) is 5.30. The molecule has 0 aromatic heterocycles. The standard InChI is InChI=1S/C19H23F4N3O3S/c1-17(2,3)26(16(27)28)15-25-18(11-5-4-6-12(24)14(11)20)9-29-13(19(21,22)23)7-10(18)8-30-15/h4-6,10,13H,7-9,24H2,1-3H3,(H,27,28)/t10-,13+,18-/m1/s1. The first kappa shape index (κ1) is 22.7. The Balaban J connectivity index is 2.16. The van der Waals surface area contributed by atoms with Crippen LogP contribution in [0.3, 0.4) is 0 Å². The van der Waals surface area contributed by atoms with Gasteiger partial charge in [-0.15, -0.1) is 0 Å². The summed E-state index contributed by atoms with van der Waals surface area (Å²) in [6.07, 6.45) is -8.23. The van der Waals surface area contributed by atoms with Gasteiger partial charge in [-0.25, -0.2) is 14.2 Å². The number of thioether (sulfide) groups is 1. The highest BCUT2D eigenvalue weighted by Crippen LogP contribution is 2.50. The van der Waals surface area contributed by atoms with Gasteiger partial charge in [0, 0.05) is 22.8 Å². The minimum Gasteiger partial charge on any atom is -0.465 e. The minimum atomic E-state index is -4.56. The first-order chi connectivity index (χ1) is 13.8. The third-order valence-corrected chi connectivity index (χ3v) is 6.40. The molecule has 1 aromatic carbocycles. The second kappa shape index (κ2) is 7.60. The number of ether oxygens (including phenoxy) is 1. The predicted octanol–water partition coefficient (Wildman–Crippen LogP) is 4.45. The Bertz CT molecular complexity index is 872. The number of carboxylic acid groups (broad SMARTS) is 1. The van der Waals surface area contributed by atoms with Crippen LogP contribution in [-0.4, -0.2) is 51.4 Å². The molecule has 3 N–H and O–H groups in total. The van der Waals surface area contributed by atoms with Crippen molar-refractivity contribution in [3.05, 3.63) is 29.6 Å². The Kier molecular flexibility index (Phi) is 5.74. The summed E-state index contributed by atoms with van der Waals surface area (Å²) in [4.78, 5) is 17.5. The molecule has 0 spiro atoms. The average Bonchev–Trinajstić information content (AvgIpc) is 2.61. The summed E-state index contributed by atoms with van der Waals surface area (Å²) < 4.78 is 60.0. The molecule has 3 rings (SSSR count). The molecule has 2 aliphatic rings. The summed E-state index contributed by atoms with van der Waals surface area (Å²) in [5.41, 5.74) is 3.15. The maximum absolute atomic E-state index is 15.0. The summed E-state index contributed by atoms with van der Waals surface area (Å²) in [6, 6.07) is 4.24. The summed E-state index contributed by atoms with van der Waals surface area (Å²) >= 11 is 1.05. The number of hydrogen-bond donors (Lipinski definition) is 2. The zero-order valence-electron chi connectivity index (χ0n) is 16.7. The number of amides is 1. The number of fused-ring (bicyclic) bond motifs is 1. The molecular weight excluding hydrogens is 426 g/mol. The van der Waals surface area contributed by atoms with Crippen LogP contribution in [0.2, 0.25) is 0 Å². The fourth-order valence-electron chi connectivity index (χ4n) is 3.81. The van der Waals surface area contributed by atoms with Gasteiger partial charge in [-0.1, -0.05) is 23.9 Å². The topological polar surface area (TPSA) is 88.2 Å². The lowest BCUT2D eigenvalue weighted by atomic mass is 9.74. The van der Waals surface area contributed by atoms with Crippen LogP contribution in [0.15, 0.2) is 23.2 Å². The number of amidine groups is 1. The Morgan fingerprint density at radius 1 is 1.37 bits per heavy atom. The molecule has 30 heavy (non-hydrogen) atoms. The molecule has 0 unspecified atom stereocenters. The zero-order valence-corrected chi connectivity index (χ0v) is 17.5.